The van der Waals surface area contributed by atoms with E-state index in [4.69, 9.17) is 4.74 Å². The quantitative estimate of drug-likeness (QED) is 0.935. The summed E-state index contributed by atoms with van der Waals surface area (Å²) in [6, 6.07) is 6.60. The first-order chi connectivity index (χ1) is 10.5. The van der Waals surface area contributed by atoms with Crippen LogP contribution in [-0.4, -0.2) is 42.4 Å². The molecule has 1 aromatic carbocycles. The lowest BCUT2D eigenvalue weighted by Crippen LogP contribution is -2.43. The predicted octanol–water partition coefficient (Wildman–Crippen LogP) is 1.79. The molecule has 0 unspecified atom stereocenters. The van der Waals surface area contributed by atoms with Crippen molar-refractivity contribution in [2.24, 2.45) is 0 Å². The number of aromatic nitrogens is 2. The van der Waals surface area contributed by atoms with Gasteiger partial charge in [-0.1, -0.05) is 18.2 Å². The summed E-state index contributed by atoms with van der Waals surface area (Å²) in [4.78, 5) is 7.73. The van der Waals surface area contributed by atoms with Crippen molar-refractivity contribution in [3.05, 3.63) is 47.5 Å². The molecule has 1 N–H and O–H groups in total. The summed E-state index contributed by atoms with van der Waals surface area (Å²) in [5, 5.41) is 0. The van der Waals surface area contributed by atoms with Crippen LogP contribution < -0.4 is 0 Å². The lowest BCUT2D eigenvalue weighted by molar-refractivity contribution is 0.0292. The highest BCUT2D eigenvalue weighted by molar-refractivity contribution is 7.89. The van der Waals surface area contributed by atoms with Crippen molar-refractivity contribution in [1.29, 1.82) is 0 Å². The van der Waals surface area contributed by atoms with Gasteiger partial charge >= 0.3 is 0 Å². The molecule has 0 saturated carbocycles. The average molecular weight is 321 g/mol. The summed E-state index contributed by atoms with van der Waals surface area (Å²) in [5.41, 5.74) is 1.64. The number of benzene rings is 1. The van der Waals surface area contributed by atoms with Crippen LogP contribution in [0.25, 0.3) is 0 Å². The topological polar surface area (TPSA) is 75.3 Å². The molecular formula is C15H19N3O3S. The molecule has 0 bridgehead atoms. The SMILES string of the molecule is Cc1cnc([C@H]2COCCN2S(=O)(=O)c2ccccc2C)[nH]1. The molecule has 1 atom stereocenters. The van der Waals surface area contributed by atoms with Crippen LogP contribution in [-0.2, 0) is 14.8 Å². The van der Waals surface area contributed by atoms with Gasteiger partial charge in [-0.25, -0.2) is 13.4 Å². The van der Waals surface area contributed by atoms with Crippen molar-refractivity contribution in [1.82, 2.24) is 14.3 Å². The minimum atomic E-state index is -3.59. The van der Waals surface area contributed by atoms with Crippen LogP contribution in [0, 0.1) is 13.8 Å². The maximum atomic E-state index is 13.0. The van der Waals surface area contributed by atoms with Gasteiger partial charge in [0.25, 0.3) is 0 Å². The highest BCUT2D eigenvalue weighted by Crippen LogP contribution is 2.30. The Labute approximate surface area is 130 Å². The molecule has 6 nitrogen and oxygen atoms in total. The molecule has 0 aliphatic carbocycles. The normalized spacial score (nSPS) is 20.2. The van der Waals surface area contributed by atoms with Gasteiger partial charge in [0.15, 0.2) is 0 Å². The fraction of sp³-hybridized carbons (Fsp3) is 0.400. The Morgan fingerprint density at radius 2 is 2.09 bits per heavy atom. The Balaban J connectivity index is 2.02. The van der Waals surface area contributed by atoms with Crippen molar-refractivity contribution in [2.45, 2.75) is 24.8 Å². The molecule has 7 heteroatoms. The predicted molar refractivity (Wildman–Crippen MR) is 82.0 cm³/mol. The van der Waals surface area contributed by atoms with Gasteiger partial charge in [0.05, 0.1) is 18.1 Å². The Hall–Kier alpha value is -1.70. The number of rotatable bonds is 3. The number of imidazole rings is 1. The lowest BCUT2D eigenvalue weighted by atomic mass is 10.2. The van der Waals surface area contributed by atoms with E-state index in [1.165, 1.54) is 4.31 Å². The largest absolute Gasteiger partial charge is 0.378 e. The van der Waals surface area contributed by atoms with Gasteiger partial charge in [0.1, 0.15) is 11.9 Å². The molecule has 3 rings (SSSR count). The maximum absolute atomic E-state index is 13.0. The number of sulfonamides is 1. The zero-order chi connectivity index (χ0) is 15.7. The molecule has 2 aromatic rings. The molecule has 0 radical (unpaired) electrons. The number of aryl methyl sites for hydroxylation is 2. The highest BCUT2D eigenvalue weighted by atomic mass is 32.2. The molecule has 1 aliphatic heterocycles. The molecule has 0 amide bonds. The zero-order valence-corrected chi connectivity index (χ0v) is 13.4. The van der Waals surface area contributed by atoms with Crippen molar-refractivity contribution in [3.8, 4) is 0 Å². The van der Waals surface area contributed by atoms with Crippen molar-refractivity contribution < 1.29 is 13.2 Å². The summed E-state index contributed by atoms with van der Waals surface area (Å²) >= 11 is 0. The highest BCUT2D eigenvalue weighted by Gasteiger charge is 2.37. The molecule has 2 heterocycles. The van der Waals surface area contributed by atoms with E-state index in [0.717, 1.165) is 11.3 Å². The fourth-order valence-electron chi connectivity index (χ4n) is 2.67. The Morgan fingerprint density at radius 3 is 2.77 bits per heavy atom. The number of H-pyrrole nitrogens is 1. The number of hydrogen-bond acceptors (Lipinski definition) is 4. The van der Waals surface area contributed by atoms with Gasteiger partial charge in [-0.05, 0) is 25.5 Å². The van der Waals surface area contributed by atoms with Crippen LogP contribution in [0.4, 0.5) is 0 Å². The molecule has 118 valence electrons. The molecule has 1 fully saturated rings. The molecule has 1 aromatic heterocycles. The van der Waals surface area contributed by atoms with Crippen LogP contribution >= 0.6 is 0 Å². The van der Waals surface area contributed by atoms with E-state index >= 15 is 0 Å². The molecule has 1 saturated heterocycles. The van der Waals surface area contributed by atoms with Crippen molar-refractivity contribution in [2.75, 3.05) is 19.8 Å². The Kier molecular flexibility index (Phi) is 4.03. The summed E-state index contributed by atoms with van der Waals surface area (Å²) in [6.07, 6.45) is 1.70. The third kappa shape index (κ3) is 2.67. The Bertz CT molecular complexity index is 770. The first-order valence-electron chi connectivity index (χ1n) is 7.17. The van der Waals surface area contributed by atoms with E-state index in [2.05, 4.69) is 9.97 Å². The number of nitrogens with zero attached hydrogens (tertiary/aromatic N) is 2. The monoisotopic (exact) mass is 321 g/mol. The number of hydrogen-bond donors (Lipinski definition) is 1. The van der Waals surface area contributed by atoms with Crippen LogP contribution in [0.5, 0.6) is 0 Å². The van der Waals surface area contributed by atoms with E-state index in [-0.39, 0.29) is 0 Å². The van der Waals surface area contributed by atoms with E-state index in [1.54, 1.807) is 31.3 Å². The smallest absolute Gasteiger partial charge is 0.244 e. The first kappa shape index (κ1) is 15.2. The number of ether oxygens (including phenoxy) is 1. The minimum absolute atomic E-state index is 0.304. The number of aromatic amines is 1. The van der Waals surface area contributed by atoms with Crippen molar-refractivity contribution >= 4 is 10.0 Å². The molecule has 22 heavy (non-hydrogen) atoms. The van der Waals surface area contributed by atoms with Gasteiger partial charge in [-0.3, -0.25) is 0 Å². The van der Waals surface area contributed by atoms with Gasteiger partial charge < -0.3 is 9.72 Å². The average Bonchev–Trinajstić information content (AvgIpc) is 2.94. The second-order valence-corrected chi connectivity index (χ2v) is 7.28. The third-order valence-corrected chi connectivity index (χ3v) is 5.87. The van der Waals surface area contributed by atoms with Crippen LogP contribution in [0.1, 0.15) is 23.1 Å². The zero-order valence-electron chi connectivity index (χ0n) is 12.6. The van der Waals surface area contributed by atoms with Gasteiger partial charge in [-0.15, -0.1) is 0 Å². The van der Waals surface area contributed by atoms with E-state index in [1.807, 2.05) is 13.0 Å². The Morgan fingerprint density at radius 1 is 1.32 bits per heavy atom. The van der Waals surface area contributed by atoms with Gasteiger partial charge in [0.2, 0.25) is 10.0 Å². The lowest BCUT2D eigenvalue weighted by Gasteiger charge is -2.33. The van der Waals surface area contributed by atoms with Crippen LogP contribution in [0.2, 0.25) is 0 Å². The number of morpholine rings is 1. The van der Waals surface area contributed by atoms with Crippen molar-refractivity contribution in [3.63, 3.8) is 0 Å². The van der Waals surface area contributed by atoms with E-state index in [0.29, 0.717) is 30.5 Å². The minimum Gasteiger partial charge on any atom is -0.378 e. The molecular weight excluding hydrogens is 302 g/mol. The number of nitrogens with one attached hydrogen (secondary N) is 1. The third-order valence-electron chi connectivity index (χ3n) is 3.80. The maximum Gasteiger partial charge on any atom is 0.244 e. The fourth-order valence-corrected chi connectivity index (χ4v) is 4.45. The second-order valence-electron chi connectivity index (χ2n) is 5.42. The molecule has 1 aliphatic rings. The summed E-state index contributed by atoms with van der Waals surface area (Å²) in [5.74, 6) is 0.620. The summed E-state index contributed by atoms with van der Waals surface area (Å²) < 4.78 is 33.0. The van der Waals surface area contributed by atoms with E-state index in [9.17, 15) is 8.42 Å². The second kappa shape index (κ2) is 5.83. The van der Waals surface area contributed by atoms with Gasteiger partial charge in [-0.2, -0.15) is 4.31 Å². The van der Waals surface area contributed by atoms with Gasteiger partial charge in [0, 0.05) is 18.4 Å². The first-order valence-corrected chi connectivity index (χ1v) is 8.61. The summed E-state index contributed by atoms with van der Waals surface area (Å²) in [6.45, 7) is 4.71. The summed E-state index contributed by atoms with van der Waals surface area (Å²) in [7, 11) is -3.59. The van der Waals surface area contributed by atoms with Crippen LogP contribution in [0.15, 0.2) is 35.4 Å². The van der Waals surface area contributed by atoms with Crippen LogP contribution in [0.3, 0.4) is 0 Å². The molecule has 0 spiro atoms. The standard InChI is InChI=1S/C15H19N3O3S/c1-11-5-3-4-6-14(11)22(19,20)18-7-8-21-10-13(18)15-16-9-12(2)17-15/h3-6,9,13H,7-8,10H2,1-2H3,(H,16,17)/t13-/m1/s1. The van der Waals surface area contributed by atoms with E-state index < -0.39 is 16.1 Å².